The molecule has 19 heavy (non-hydrogen) atoms. The van der Waals surface area contributed by atoms with Crippen LogP contribution in [-0.4, -0.2) is 16.4 Å². The number of nitrogens with one attached hydrogen (secondary N) is 1. The summed E-state index contributed by atoms with van der Waals surface area (Å²) in [7, 11) is 0. The van der Waals surface area contributed by atoms with E-state index < -0.39 is 0 Å². The number of benzene rings is 1. The highest BCUT2D eigenvalue weighted by Crippen LogP contribution is 2.29. The van der Waals surface area contributed by atoms with Crippen molar-refractivity contribution in [3.05, 3.63) is 35.5 Å². The number of halogens is 2. The van der Waals surface area contributed by atoms with Crippen LogP contribution in [0, 0.1) is 0 Å². The minimum atomic E-state index is -0.0739. The van der Waals surface area contributed by atoms with Crippen molar-refractivity contribution in [2.45, 2.75) is 32.2 Å². The molecule has 0 saturated carbocycles. The first-order valence-corrected chi connectivity index (χ1v) is 7.44. The molecule has 2 aromatic rings. The van der Waals surface area contributed by atoms with E-state index in [1.165, 1.54) is 0 Å². The monoisotopic (exact) mass is 296 g/mol. The second kappa shape index (κ2) is 5.98. The van der Waals surface area contributed by atoms with Crippen LogP contribution < -0.4 is 5.32 Å². The van der Waals surface area contributed by atoms with E-state index in [9.17, 15) is 0 Å². The highest BCUT2D eigenvalue weighted by molar-refractivity contribution is 6.31. The molecule has 1 aromatic heterocycles. The molecule has 0 unspecified atom stereocenters. The molecule has 0 aliphatic rings. The smallest absolute Gasteiger partial charge is 0.0737 e. The van der Waals surface area contributed by atoms with Crippen molar-refractivity contribution >= 4 is 39.8 Å². The summed E-state index contributed by atoms with van der Waals surface area (Å²) in [5, 5.41) is 5.36. The van der Waals surface area contributed by atoms with E-state index in [4.69, 9.17) is 23.2 Å². The Hall–Kier alpha value is -0.990. The first-order valence-electron chi connectivity index (χ1n) is 6.52. The van der Waals surface area contributed by atoms with Gasteiger partial charge in [-0.3, -0.25) is 4.98 Å². The van der Waals surface area contributed by atoms with Gasteiger partial charge in [0.15, 0.2) is 0 Å². The number of fused-ring (bicyclic) bond motifs is 1. The average Bonchev–Trinajstić information content (AvgIpc) is 2.44. The van der Waals surface area contributed by atoms with Gasteiger partial charge < -0.3 is 5.32 Å². The third-order valence-electron chi connectivity index (χ3n) is 3.71. The van der Waals surface area contributed by atoms with Crippen LogP contribution in [0.2, 0.25) is 5.02 Å². The molecule has 0 aliphatic heterocycles. The predicted molar refractivity (Wildman–Crippen MR) is 84.4 cm³/mol. The quantitative estimate of drug-likeness (QED) is 0.777. The highest BCUT2D eigenvalue weighted by Gasteiger charge is 2.25. The molecule has 2 nitrogen and oxygen atoms in total. The fraction of sp³-hybridized carbons (Fsp3) is 0.400. The Morgan fingerprint density at radius 2 is 1.95 bits per heavy atom. The van der Waals surface area contributed by atoms with Gasteiger partial charge in [0.2, 0.25) is 0 Å². The topological polar surface area (TPSA) is 24.9 Å². The standard InChI is InChI=1S/C15H18Cl2N2/c1-3-15(4-2,10-16)19-13-7-8-18-14-9-11(17)5-6-12(13)14/h5-9H,3-4,10H2,1-2H3,(H,18,19). The SMILES string of the molecule is CCC(CC)(CCl)Nc1ccnc2cc(Cl)ccc12. The first kappa shape index (κ1) is 14.4. The van der Waals surface area contributed by atoms with Crippen LogP contribution in [0.1, 0.15) is 26.7 Å². The zero-order chi connectivity index (χ0) is 13.9. The van der Waals surface area contributed by atoms with Crippen molar-refractivity contribution in [3.63, 3.8) is 0 Å². The molecule has 0 aliphatic carbocycles. The Kier molecular flexibility index (Phi) is 4.54. The van der Waals surface area contributed by atoms with Crippen molar-refractivity contribution in [2.75, 3.05) is 11.2 Å². The molecule has 0 atom stereocenters. The maximum Gasteiger partial charge on any atom is 0.0737 e. The van der Waals surface area contributed by atoms with E-state index in [1.807, 2.05) is 24.3 Å². The molecule has 1 N–H and O–H groups in total. The third-order valence-corrected chi connectivity index (χ3v) is 4.46. The summed E-state index contributed by atoms with van der Waals surface area (Å²) in [5.74, 6) is 0.581. The van der Waals surface area contributed by atoms with Gasteiger partial charge in [0.25, 0.3) is 0 Å². The van der Waals surface area contributed by atoms with Gasteiger partial charge >= 0.3 is 0 Å². The molecule has 0 bridgehead atoms. The third kappa shape index (κ3) is 2.96. The molecular weight excluding hydrogens is 279 g/mol. The van der Waals surface area contributed by atoms with Gasteiger partial charge in [0, 0.05) is 28.2 Å². The average molecular weight is 297 g/mol. The summed E-state index contributed by atoms with van der Waals surface area (Å²) in [6, 6.07) is 7.75. The molecule has 1 heterocycles. The van der Waals surface area contributed by atoms with E-state index in [2.05, 4.69) is 24.1 Å². The van der Waals surface area contributed by atoms with E-state index in [1.54, 1.807) is 6.20 Å². The maximum atomic E-state index is 6.15. The summed E-state index contributed by atoms with van der Waals surface area (Å²) < 4.78 is 0. The summed E-state index contributed by atoms with van der Waals surface area (Å²) >= 11 is 12.2. The molecule has 102 valence electrons. The zero-order valence-electron chi connectivity index (χ0n) is 11.2. The van der Waals surface area contributed by atoms with Crippen LogP contribution in [0.25, 0.3) is 10.9 Å². The van der Waals surface area contributed by atoms with Gasteiger partial charge in [-0.05, 0) is 37.1 Å². The second-order valence-corrected chi connectivity index (χ2v) is 5.47. The second-order valence-electron chi connectivity index (χ2n) is 4.77. The van der Waals surface area contributed by atoms with Crippen LogP contribution in [-0.2, 0) is 0 Å². The van der Waals surface area contributed by atoms with E-state index in [-0.39, 0.29) is 5.54 Å². The molecule has 4 heteroatoms. The molecule has 0 fully saturated rings. The lowest BCUT2D eigenvalue weighted by Gasteiger charge is -2.32. The Balaban J connectivity index is 2.45. The predicted octanol–water partition coefficient (Wildman–Crippen LogP) is 5.10. The van der Waals surface area contributed by atoms with Gasteiger partial charge in [-0.1, -0.05) is 25.4 Å². The number of alkyl halides is 1. The minimum absolute atomic E-state index is 0.0739. The van der Waals surface area contributed by atoms with Crippen molar-refractivity contribution < 1.29 is 0 Å². The first-order chi connectivity index (χ1) is 9.14. The Bertz CT molecular complexity index is 557. The molecule has 0 radical (unpaired) electrons. The van der Waals surface area contributed by atoms with E-state index in [0.717, 1.165) is 29.4 Å². The Labute approximate surface area is 124 Å². The van der Waals surface area contributed by atoms with Crippen LogP contribution >= 0.6 is 23.2 Å². The molecule has 0 spiro atoms. The van der Waals surface area contributed by atoms with Gasteiger partial charge in [-0.15, -0.1) is 11.6 Å². The number of hydrogen-bond donors (Lipinski definition) is 1. The van der Waals surface area contributed by atoms with E-state index >= 15 is 0 Å². The molecule has 2 rings (SSSR count). The summed E-state index contributed by atoms with van der Waals surface area (Å²) in [6.07, 6.45) is 3.75. The van der Waals surface area contributed by atoms with Crippen molar-refractivity contribution in [3.8, 4) is 0 Å². The summed E-state index contributed by atoms with van der Waals surface area (Å²) in [6.45, 7) is 4.30. The number of nitrogens with zero attached hydrogens (tertiary/aromatic N) is 1. The van der Waals surface area contributed by atoms with Crippen molar-refractivity contribution in [2.24, 2.45) is 0 Å². The largest absolute Gasteiger partial charge is 0.378 e. The van der Waals surface area contributed by atoms with Crippen LogP contribution in [0.4, 0.5) is 5.69 Å². The lowest BCUT2D eigenvalue weighted by Crippen LogP contribution is -2.39. The zero-order valence-corrected chi connectivity index (χ0v) is 12.7. The maximum absolute atomic E-state index is 6.15. The van der Waals surface area contributed by atoms with Gasteiger partial charge in [0.05, 0.1) is 11.1 Å². The lowest BCUT2D eigenvalue weighted by molar-refractivity contribution is 0.485. The molecule has 1 aromatic carbocycles. The van der Waals surface area contributed by atoms with Crippen molar-refractivity contribution in [1.82, 2.24) is 4.98 Å². The minimum Gasteiger partial charge on any atom is -0.378 e. The fourth-order valence-electron chi connectivity index (χ4n) is 2.17. The number of anilines is 1. The van der Waals surface area contributed by atoms with Crippen LogP contribution in [0.15, 0.2) is 30.5 Å². The van der Waals surface area contributed by atoms with E-state index in [0.29, 0.717) is 10.9 Å². The number of rotatable bonds is 5. The molecule has 0 saturated heterocycles. The fourth-order valence-corrected chi connectivity index (χ4v) is 2.78. The molecule has 0 amide bonds. The summed E-state index contributed by atoms with van der Waals surface area (Å²) in [4.78, 5) is 4.35. The normalized spacial score (nSPS) is 11.8. The van der Waals surface area contributed by atoms with Gasteiger partial charge in [-0.25, -0.2) is 0 Å². The molecular formula is C15H18Cl2N2. The van der Waals surface area contributed by atoms with Crippen LogP contribution in [0.5, 0.6) is 0 Å². The number of aromatic nitrogens is 1. The van der Waals surface area contributed by atoms with Crippen LogP contribution in [0.3, 0.4) is 0 Å². The number of hydrogen-bond acceptors (Lipinski definition) is 2. The Morgan fingerprint density at radius 1 is 1.21 bits per heavy atom. The lowest BCUT2D eigenvalue weighted by atomic mass is 9.94. The highest BCUT2D eigenvalue weighted by atomic mass is 35.5. The van der Waals surface area contributed by atoms with Gasteiger partial charge in [-0.2, -0.15) is 0 Å². The Morgan fingerprint density at radius 3 is 2.58 bits per heavy atom. The van der Waals surface area contributed by atoms with Crippen molar-refractivity contribution in [1.29, 1.82) is 0 Å². The summed E-state index contributed by atoms with van der Waals surface area (Å²) in [5.41, 5.74) is 1.88. The number of pyridine rings is 1. The van der Waals surface area contributed by atoms with Gasteiger partial charge in [0.1, 0.15) is 0 Å².